The third kappa shape index (κ3) is 4.16. The summed E-state index contributed by atoms with van der Waals surface area (Å²) in [6.07, 6.45) is 2.85. The summed E-state index contributed by atoms with van der Waals surface area (Å²) in [5.74, 6) is -0.179. The lowest BCUT2D eigenvalue weighted by Crippen LogP contribution is -1.96. The van der Waals surface area contributed by atoms with E-state index < -0.39 is 4.92 Å². The van der Waals surface area contributed by atoms with Crippen molar-refractivity contribution in [3.8, 4) is 0 Å². The molecular weight excluding hydrogens is 372 g/mol. The summed E-state index contributed by atoms with van der Waals surface area (Å²) < 4.78 is 0.533. The minimum atomic E-state index is -0.478. The highest BCUT2D eigenvalue weighted by atomic mass is 79.9. The van der Waals surface area contributed by atoms with E-state index in [2.05, 4.69) is 21.2 Å². The van der Waals surface area contributed by atoms with Crippen LogP contribution in [-0.2, 0) is 0 Å². The topological polar surface area (TPSA) is 72.2 Å². The Kier molecular flexibility index (Phi) is 5.30. The molecule has 0 radical (unpaired) electrons. The van der Waals surface area contributed by atoms with Gasteiger partial charge in [-0.15, -0.1) is 0 Å². The van der Waals surface area contributed by atoms with Gasteiger partial charge in [-0.1, -0.05) is 11.6 Å². The minimum Gasteiger partial charge on any atom is -0.361 e. The molecule has 2 aromatic carbocycles. The van der Waals surface area contributed by atoms with Gasteiger partial charge in [0.25, 0.3) is 5.69 Å². The van der Waals surface area contributed by atoms with E-state index in [4.69, 9.17) is 11.6 Å². The summed E-state index contributed by atoms with van der Waals surface area (Å²) in [7, 11) is 0. The van der Waals surface area contributed by atoms with Gasteiger partial charge in [0.05, 0.1) is 10.6 Å². The Labute approximate surface area is 139 Å². The summed E-state index contributed by atoms with van der Waals surface area (Å²) >= 11 is 8.99. The fraction of sp³-hybridized carbons (Fsp3) is 0. The summed E-state index contributed by atoms with van der Waals surface area (Å²) in [4.78, 5) is 22.1. The van der Waals surface area contributed by atoms with Gasteiger partial charge in [-0.3, -0.25) is 14.9 Å². The van der Waals surface area contributed by atoms with E-state index in [-0.39, 0.29) is 11.5 Å². The van der Waals surface area contributed by atoms with Crippen LogP contribution in [0.5, 0.6) is 0 Å². The molecule has 1 N–H and O–H groups in total. The summed E-state index contributed by atoms with van der Waals surface area (Å²) in [6.45, 7) is 0. The van der Waals surface area contributed by atoms with Crippen molar-refractivity contribution < 1.29 is 9.72 Å². The number of hydrogen-bond donors (Lipinski definition) is 1. The van der Waals surface area contributed by atoms with E-state index in [0.717, 1.165) is 0 Å². The third-order valence-corrected chi connectivity index (χ3v) is 3.67. The highest BCUT2D eigenvalue weighted by Gasteiger charge is 2.08. The van der Waals surface area contributed by atoms with Crippen LogP contribution in [0, 0.1) is 10.1 Å². The number of carbonyl (C=O) groups excluding carboxylic acids is 1. The van der Waals surface area contributed by atoms with E-state index in [1.54, 1.807) is 30.3 Å². The Bertz CT molecular complexity index is 745. The molecule has 0 aliphatic heterocycles. The number of carbonyl (C=O) groups is 1. The summed E-state index contributed by atoms with van der Waals surface area (Å²) in [6, 6.07) is 10.9. The number of halogens is 2. The van der Waals surface area contributed by atoms with Crippen LogP contribution in [0.4, 0.5) is 11.4 Å². The molecule has 2 aromatic rings. The normalized spacial score (nSPS) is 10.6. The molecule has 0 amide bonds. The molecule has 0 bridgehead atoms. The predicted octanol–water partition coefficient (Wildman–Crippen LogP) is 4.82. The molecule has 0 fully saturated rings. The highest BCUT2D eigenvalue weighted by molar-refractivity contribution is 9.10. The highest BCUT2D eigenvalue weighted by Crippen LogP contribution is 2.27. The molecule has 0 spiro atoms. The maximum Gasteiger partial charge on any atom is 0.270 e. The Morgan fingerprint density at radius 1 is 1.23 bits per heavy atom. The lowest BCUT2D eigenvalue weighted by atomic mass is 10.1. The van der Waals surface area contributed by atoms with Crippen LogP contribution < -0.4 is 5.32 Å². The number of non-ortho nitro benzene ring substituents is 1. The zero-order valence-corrected chi connectivity index (χ0v) is 13.5. The molecule has 0 aromatic heterocycles. The van der Waals surface area contributed by atoms with E-state index in [1.807, 2.05) is 0 Å². The van der Waals surface area contributed by atoms with Crippen molar-refractivity contribution in [2.24, 2.45) is 0 Å². The van der Waals surface area contributed by atoms with Crippen molar-refractivity contribution in [3.63, 3.8) is 0 Å². The van der Waals surface area contributed by atoms with E-state index in [9.17, 15) is 14.9 Å². The maximum absolute atomic E-state index is 11.9. The number of ketones is 1. The van der Waals surface area contributed by atoms with Crippen LogP contribution in [0.25, 0.3) is 0 Å². The molecule has 0 aliphatic rings. The standard InChI is InChI=1S/C15H10BrClN2O3/c16-13-9-12(19(21)22)5-6-14(13)18-8-7-15(20)10-1-3-11(17)4-2-10/h1-9,18H. The lowest BCUT2D eigenvalue weighted by Gasteiger charge is -2.03. The zero-order valence-electron chi connectivity index (χ0n) is 11.1. The molecule has 5 nitrogen and oxygen atoms in total. The van der Waals surface area contributed by atoms with Gasteiger partial charge in [0, 0.05) is 39.5 Å². The van der Waals surface area contributed by atoms with Crippen LogP contribution in [0.15, 0.2) is 59.2 Å². The number of benzene rings is 2. The fourth-order valence-corrected chi connectivity index (χ4v) is 2.26. The largest absolute Gasteiger partial charge is 0.361 e. The smallest absolute Gasteiger partial charge is 0.270 e. The first-order chi connectivity index (χ1) is 10.5. The second-order valence-corrected chi connectivity index (χ2v) is 5.56. The van der Waals surface area contributed by atoms with Gasteiger partial charge >= 0.3 is 0 Å². The lowest BCUT2D eigenvalue weighted by molar-refractivity contribution is -0.384. The number of nitrogens with one attached hydrogen (secondary N) is 1. The van der Waals surface area contributed by atoms with Crippen LogP contribution in [0.2, 0.25) is 5.02 Å². The zero-order chi connectivity index (χ0) is 16.1. The number of nitro groups is 1. The van der Waals surface area contributed by atoms with Crippen molar-refractivity contribution in [2.75, 3.05) is 5.32 Å². The van der Waals surface area contributed by atoms with Gasteiger partial charge in [-0.25, -0.2) is 0 Å². The van der Waals surface area contributed by atoms with Crippen molar-refractivity contribution in [2.45, 2.75) is 0 Å². The molecule has 0 atom stereocenters. The van der Waals surface area contributed by atoms with Gasteiger partial charge in [0.1, 0.15) is 0 Å². The third-order valence-electron chi connectivity index (χ3n) is 2.77. The fourth-order valence-electron chi connectivity index (χ4n) is 1.65. The number of nitrogens with zero attached hydrogens (tertiary/aromatic N) is 1. The number of hydrogen-bond acceptors (Lipinski definition) is 4. The monoisotopic (exact) mass is 380 g/mol. The molecule has 0 saturated carbocycles. The molecule has 0 saturated heterocycles. The molecule has 0 unspecified atom stereocenters. The Balaban J connectivity index is 2.04. The molecule has 2 rings (SSSR count). The predicted molar refractivity (Wildman–Crippen MR) is 89.3 cm³/mol. The van der Waals surface area contributed by atoms with Crippen LogP contribution in [-0.4, -0.2) is 10.7 Å². The van der Waals surface area contributed by atoms with Crippen molar-refractivity contribution >= 4 is 44.7 Å². The first kappa shape index (κ1) is 16.2. The van der Waals surface area contributed by atoms with Gasteiger partial charge in [0.2, 0.25) is 0 Å². The molecule has 7 heteroatoms. The summed E-state index contributed by atoms with van der Waals surface area (Å²) in [5, 5.41) is 14.1. The number of rotatable bonds is 5. The van der Waals surface area contributed by atoms with Crippen molar-refractivity contribution in [1.29, 1.82) is 0 Å². The SMILES string of the molecule is O=C(C=CNc1ccc([N+](=O)[O-])cc1Br)c1ccc(Cl)cc1. The van der Waals surface area contributed by atoms with E-state index in [1.165, 1.54) is 24.4 Å². The average Bonchev–Trinajstić information content (AvgIpc) is 2.49. The average molecular weight is 382 g/mol. The van der Waals surface area contributed by atoms with Crippen LogP contribution in [0.1, 0.15) is 10.4 Å². The molecule has 0 heterocycles. The number of nitro benzene ring substituents is 1. The molecule has 0 aliphatic carbocycles. The second-order valence-electron chi connectivity index (χ2n) is 4.27. The van der Waals surface area contributed by atoms with Gasteiger partial charge in [-0.05, 0) is 46.3 Å². The summed E-state index contributed by atoms with van der Waals surface area (Å²) in [5.41, 5.74) is 1.12. The number of allylic oxidation sites excluding steroid dienone is 1. The van der Waals surface area contributed by atoms with Crippen LogP contribution in [0.3, 0.4) is 0 Å². The van der Waals surface area contributed by atoms with Crippen molar-refractivity contribution in [3.05, 3.63) is 79.9 Å². The minimum absolute atomic E-state index is 0.0151. The number of anilines is 1. The molecule has 22 heavy (non-hydrogen) atoms. The van der Waals surface area contributed by atoms with Crippen molar-refractivity contribution in [1.82, 2.24) is 0 Å². The Hall–Kier alpha value is -2.18. The Morgan fingerprint density at radius 2 is 1.91 bits per heavy atom. The maximum atomic E-state index is 11.9. The second kappa shape index (κ2) is 7.20. The van der Waals surface area contributed by atoms with Gasteiger partial charge in [-0.2, -0.15) is 0 Å². The Morgan fingerprint density at radius 3 is 2.50 bits per heavy atom. The first-order valence-electron chi connectivity index (χ1n) is 6.14. The van der Waals surface area contributed by atoms with E-state index >= 15 is 0 Å². The quantitative estimate of drug-likeness (QED) is 0.349. The molecular formula is C15H10BrClN2O3. The van der Waals surface area contributed by atoms with Gasteiger partial charge < -0.3 is 5.32 Å². The van der Waals surface area contributed by atoms with E-state index in [0.29, 0.717) is 20.7 Å². The van der Waals surface area contributed by atoms with Gasteiger partial charge in [0.15, 0.2) is 5.78 Å². The van der Waals surface area contributed by atoms with Crippen LogP contribution >= 0.6 is 27.5 Å². The molecule has 112 valence electrons. The first-order valence-corrected chi connectivity index (χ1v) is 7.31.